The van der Waals surface area contributed by atoms with Crippen molar-refractivity contribution in [2.45, 2.75) is 38.4 Å². The van der Waals surface area contributed by atoms with Crippen LogP contribution in [-0.2, 0) is 17.0 Å². The molecule has 0 amide bonds. The summed E-state index contributed by atoms with van der Waals surface area (Å²) in [5, 5.41) is 10.2. The van der Waals surface area contributed by atoms with Gasteiger partial charge in [-0.25, -0.2) is 0 Å². The van der Waals surface area contributed by atoms with Gasteiger partial charge < -0.3 is 17.3 Å². The number of piperazine rings is 1. The van der Waals surface area contributed by atoms with Crippen molar-refractivity contribution in [1.29, 1.82) is 0 Å². The van der Waals surface area contributed by atoms with Crippen molar-refractivity contribution in [3.8, 4) is 0 Å². The summed E-state index contributed by atoms with van der Waals surface area (Å²) in [6.45, 7) is 12.1. The van der Waals surface area contributed by atoms with Gasteiger partial charge in [0.25, 0.3) is 0 Å². The Hall–Kier alpha value is -0.909. The van der Waals surface area contributed by atoms with E-state index in [1.807, 2.05) is 0 Å². The molecule has 6 heteroatoms. The van der Waals surface area contributed by atoms with Crippen LogP contribution >= 0.6 is 18.6 Å². The van der Waals surface area contributed by atoms with E-state index in [1.165, 1.54) is 53.0 Å². The molecule has 3 aromatic rings. The molecule has 2 fully saturated rings. The molecule has 3 aliphatic rings. The van der Waals surface area contributed by atoms with Crippen molar-refractivity contribution in [2.24, 2.45) is 17.8 Å². The van der Waals surface area contributed by atoms with Crippen LogP contribution in [0.2, 0.25) is 18.6 Å². The van der Waals surface area contributed by atoms with Gasteiger partial charge >= 0.3 is 35.6 Å². The van der Waals surface area contributed by atoms with Gasteiger partial charge in [-0.2, -0.15) is 0 Å². The van der Waals surface area contributed by atoms with Gasteiger partial charge in [-0.15, -0.1) is 13.1 Å². The molecule has 0 bridgehead atoms. The first-order valence-electron chi connectivity index (χ1n) is 13.6. The van der Waals surface area contributed by atoms with Crippen LogP contribution < -0.4 is 0 Å². The van der Waals surface area contributed by atoms with Gasteiger partial charge in [0, 0.05) is 0 Å². The zero-order chi connectivity index (χ0) is 26.0. The Morgan fingerprint density at radius 3 is 2.13 bits per heavy atom. The van der Waals surface area contributed by atoms with Crippen molar-refractivity contribution in [1.82, 2.24) is 4.57 Å². The average Bonchev–Trinajstić information content (AvgIpc) is 3.33. The predicted octanol–water partition coefficient (Wildman–Crippen LogP) is 9.70. The Morgan fingerprint density at radius 1 is 0.974 bits per heavy atom. The summed E-state index contributed by atoms with van der Waals surface area (Å²) in [6, 6.07) is 20.4. The maximum atomic E-state index is 4.89. The van der Waals surface area contributed by atoms with E-state index in [1.54, 1.807) is 5.57 Å². The van der Waals surface area contributed by atoms with E-state index < -0.39 is 25.3 Å². The Kier molecular flexibility index (Phi) is 10.4. The second-order valence-electron chi connectivity index (χ2n) is 11.2. The molecule has 1 aliphatic heterocycles. The van der Waals surface area contributed by atoms with Crippen molar-refractivity contribution >= 4 is 54.0 Å². The van der Waals surface area contributed by atoms with Gasteiger partial charge in [-0.3, -0.25) is 0 Å². The van der Waals surface area contributed by atoms with E-state index in [0.717, 1.165) is 24.5 Å². The number of halogens is 2. The fraction of sp³-hybridized carbons (Fsp3) is 0.406. The Bertz CT molecular complexity index is 1250. The molecule has 0 N–H and O–H groups in total. The van der Waals surface area contributed by atoms with Crippen LogP contribution in [0.15, 0.2) is 72.8 Å². The van der Waals surface area contributed by atoms with Gasteiger partial charge in [-0.05, 0) is 81.6 Å². The summed E-state index contributed by atoms with van der Waals surface area (Å²) in [5.74, 6) is 2.08. The third-order valence-electron chi connectivity index (χ3n) is 9.22. The number of allylic oxidation sites excluding steroid dienone is 4. The van der Waals surface area contributed by atoms with Crippen molar-refractivity contribution in [3.05, 3.63) is 91.1 Å². The summed E-state index contributed by atoms with van der Waals surface area (Å²) in [6.07, 6.45) is 10.1. The third kappa shape index (κ3) is 5.63. The fourth-order valence-corrected chi connectivity index (χ4v) is 12.2. The molecule has 0 spiro atoms. The topological polar surface area (TPSA) is 17.3 Å². The molecule has 2 aliphatic carbocycles. The van der Waals surface area contributed by atoms with Crippen LogP contribution in [0.4, 0.5) is 0 Å². The number of rotatable bonds is 4. The van der Waals surface area contributed by atoms with Crippen LogP contribution in [0, 0.1) is 25.2 Å². The van der Waals surface area contributed by atoms with Gasteiger partial charge in [-0.1, -0.05) is 93.2 Å². The van der Waals surface area contributed by atoms with E-state index >= 15 is 0 Å². The Balaban J connectivity index is 0.000000804. The monoisotopic (exact) mass is 598 g/mol. The molecule has 2 nitrogen and oxygen atoms in total. The summed E-state index contributed by atoms with van der Waals surface area (Å²) in [7, 11) is 8.17. The van der Waals surface area contributed by atoms with E-state index in [0.29, 0.717) is 11.8 Å². The van der Waals surface area contributed by atoms with Crippen LogP contribution in [0.5, 0.6) is 0 Å². The molecule has 202 valence electrons. The number of hydrogen-bond donors (Lipinski definition) is 0. The quantitative estimate of drug-likeness (QED) is 0.166. The molecule has 1 heterocycles. The molecular weight excluding hydrogens is 559 g/mol. The number of nitrogens with zero attached hydrogens (tertiary/aromatic N) is 2. The summed E-state index contributed by atoms with van der Waals surface area (Å²) in [4.78, 5) is 0. The third-order valence-corrected chi connectivity index (χ3v) is 13.8. The standard InChI is InChI=1S/C31H37N2Si.CH3.2ClH.Ti/c1-4-22-21-29-27(14-9-15-28(29)31(22)34(2,3)33-18-16-32-17-19-33)30-25-12-7-5-10-23(25)20-24-11-6-8-13-26(24)30;;;;/h5-15,20,22,28-29,31H,4,16-19,21H2,1-3H3;1H3;2*1H;/q2*-1;;;+2/p-2. The normalized spacial score (nSPS) is 25.2. The predicted molar refractivity (Wildman–Crippen MR) is 168 cm³/mol. The van der Waals surface area contributed by atoms with Crippen molar-refractivity contribution < 1.29 is 17.0 Å². The van der Waals surface area contributed by atoms with Crippen LogP contribution in [0.3, 0.4) is 0 Å². The Labute approximate surface area is 247 Å². The van der Waals surface area contributed by atoms with E-state index in [4.69, 9.17) is 18.6 Å². The average molecular weight is 600 g/mol. The van der Waals surface area contributed by atoms with Crippen LogP contribution in [0.25, 0.3) is 32.4 Å². The first-order chi connectivity index (χ1) is 18.0. The number of hydrogen-bond acceptors (Lipinski definition) is 1. The van der Waals surface area contributed by atoms with E-state index in [9.17, 15) is 0 Å². The van der Waals surface area contributed by atoms with Gasteiger partial charge in [0.05, 0.1) is 0 Å². The SMILES string of the molecule is CCC1CC2C(c3c4ccccc4cc4ccccc34)=CC=CC2C1[Si](C)(C)N1CC[N-]CC1.[CH3-].[Cl][Ti][Cl]. The minimum absolute atomic E-state index is 0. The van der Waals surface area contributed by atoms with Crippen molar-refractivity contribution in [3.63, 3.8) is 0 Å². The number of fused-ring (bicyclic) bond motifs is 3. The summed E-state index contributed by atoms with van der Waals surface area (Å²) < 4.78 is 2.88. The molecule has 1 saturated heterocycles. The molecule has 38 heavy (non-hydrogen) atoms. The maximum absolute atomic E-state index is 4.89. The molecule has 6 rings (SSSR count). The zero-order valence-corrected chi connectivity index (χ0v) is 27.2. The van der Waals surface area contributed by atoms with E-state index in [2.05, 4.69) is 103 Å². The summed E-state index contributed by atoms with van der Waals surface area (Å²) in [5.41, 5.74) is 3.88. The minimum atomic E-state index is -1.60. The molecular formula is C32H40Cl2N2SiTi-2. The summed E-state index contributed by atoms with van der Waals surface area (Å²) >= 11 is -0.556. The van der Waals surface area contributed by atoms with Crippen molar-refractivity contribution in [2.75, 3.05) is 26.2 Å². The molecule has 1 saturated carbocycles. The first kappa shape index (κ1) is 30.1. The second kappa shape index (κ2) is 13.2. The van der Waals surface area contributed by atoms with Crippen LogP contribution in [0.1, 0.15) is 25.3 Å². The second-order valence-corrected chi connectivity index (χ2v) is 18.4. The molecule has 0 aromatic heterocycles. The van der Waals surface area contributed by atoms with E-state index in [-0.39, 0.29) is 7.43 Å². The zero-order valence-electron chi connectivity index (χ0n) is 23.1. The van der Waals surface area contributed by atoms with Crippen LogP contribution in [-0.4, -0.2) is 39.0 Å². The molecule has 3 aromatic carbocycles. The number of benzene rings is 3. The van der Waals surface area contributed by atoms with Gasteiger partial charge in [0.1, 0.15) is 8.24 Å². The molecule has 0 radical (unpaired) electrons. The first-order valence-corrected chi connectivity index (χ1v) is 21.0. The Morgan fingerprint density at radius 2 is 1.55 bits per heavy atom. The fourth-order valence-electron chi connectivity index (χ4n) is 7.65. The molecule has 4 atom stereocenters. The molecule has 4 unspecified atom stereocenters. The van der Waals surface area contributed by atoms with Gasteiger partial charge in [0.2, 0.25) is 0 Å². The van der Waals surface area contributed by atoms with Gasteiger partial charge in [0.15, 0.2) is 0 Å².